The summed E-state index contributed by atoms with van der Waals surface area (Å²) in [6.45, 7) is 2.49. The Morgan fingerprint density at radius 2 is 0.481 bits per heavy atom. The predicted octanol–water partition coefficient (Wildman–Crippen LogP) is 4.27. The first kappa shape index (κ1) is 50.6. The van der Waals surface area contributed by atoms with Crippen LogP contribution < -0.4 is 0 Å². The summed E-state index contributed by atoms with van der Waals surface area (Å²) in [7, 11) is 0. The number of ether oxygens (including phenoxy) is 10. The van der Waals surface area contributed by atoms with Crippen LogP contribution in [0.25, 0.3) is 0 Å². The van der Waals surface area contributed by atoms with Crippen molar-refractivity contribution in [2.24, 2.45) is 0 Å². The number of aliphatic hydroxyl groups excluding tert-OH is 1. The van der Waals surface area contributed by atoms with Crippen LogP contribution in [0.5, 0.6) is 0 Å². The topological polar surface area (TPSA) is 113 Å². The third-order valence-corrected chi connectivity index (χ3v) is 6.14. The van der Waals surface area contributed by atoms with Crippen LogP contribution in [0.2, 0.25) is 0 Å². The van der Waals surface area contributed by atoms with Crippen molar-refractivity contribution >= 4 is 0 Å². The average molecular weight is 805 g/mol. The van der Waals surface area contributed by atoms with Gasteiger partial charge in [0.25, 0.3) is 0 Å². The van der Waals surface area contributed by atoms with Crippen molar-refractivity contribution in [1.29, 1.82) is 0 Å². The fraction of sp³-hybridized carbons (Fsp3) is 1.00. The van der Waals surface area contributed by atoms with Gasteiger partial charge < -0.3 is 52.5 Å². The quantitative estimate of drug-likeness (QED) is 0.0725. The van der Waals surface area contributed by atoms with Gasteiger partial charge >= 0.3 is 35.8 Å². The van der Waals surface area contributed by atoms with Crippen molar-refractivity contribution in [3.05, 3.63) is 0 Å². The summed E-state index contributed by atoms with van der Waals surface area (Å²) in [6.07, 6.45) is -9.88. The fourth-order valence-corrected chi connectivity index (χ4v) is 3.31. The van der Waals surface area contributed by atoms with Crippen molar-refractivity contribution in [3.8, 4) is 0 Å². The summed E-state index contributed by atoms with van der Waals surface area (Å²) in [5, 5.41) is 8.55. The largest absolute Gasteiger partial charge is 0.460 e. The maximum absolute atomic E-state index is 13.7. The summed E-state index contributed by atoms with van der Waals surface area (Å²) in [5.41, 5.74) is 0. The van der Waals surface area contributed by atoms with E-state index in [1.165, 1.54) is 0 Å². The SMILES string of the molecule is OCCOCCOCCOCCOCCOCCOCCOCCOCCOCCOCCC(F)(F)C(F)(F)C(F)(F)C(F)(F)C(F)(F)C(F)(F)F. The molecule has 1 N–H and O–H groups in total. The van der Waals surface area contributed by atoms with Crippen LogP contribution in [-0.2, 0) is 47.4 Å². The number of hydrogen-bond donors (Lipinski definition) is 1. The Morgan fingerprint density at radius 3 is 0.712 bits per heavy atom. The molecule has 11 nitrogen and oxygen atoms in total. The summed E-state index contributed by atoms with van der Waals surface area (Å²) in [5.74, 6) is -37.0. The first-order valence-electron chi connectivity index (χ1n) is 15.7. The monoisotopic (exact) mass is 804 g/mol. The van der Waals surface area contributed by atoms with E-state index in [0.717, 1.165) is 0 Å². The maximum Gasteiger partial charge on any atom is 0.460 e. The highest BCUT2D eigenvalue weighted by Gasteiger charge is 2.90. The zero-order valence-electron chi connectivity index (χ0n) is 28.0. The van der Waals surface area contributed by atoms with Crippen molar-refractivity contribution in [2.45, 2.75) is 42.2 Å². The van der Waals surface area contributed by atoms with Crippen LogP contribution >= 0.6 is 0 Å². The lowest BCUT2D eigenvalue weighted by atomic mass is 9.93. The second kappa shape index (κ2) is 26.5. The van der Waals surface area contributed by atoms with Crippen LogP contribution in [0.4, 0.5) is 57.1 Å². The second-order valence-electron chi connectivity index (χ2n) is 10.1. The molecule has 0 fully saturated rings. The zero-order valence-corrected chi connectivity index (χ0v) is 28.0. The molecule has 0 aromatic carbocycles. The van der Waals surface area contributed by atoms with E-state index in [-0.39, 0.29) is 59.5 Å². The molecule has 0 aliphatic heterocycles. The van der Waals surface area contributed by atoms with E-state index in [4.69, 9.17) is 47.7 Å². The van der Waals surface area contributed by atoms with E-state index in [1.807, 2.05) is 0 Å². The third-order valence-electron chi connectivity index (χ3n) is 6.14. The molecule has 0 saturated carbocycles. The Balaban J connectivity index is 3.70. The van der Waals surface area contributed by atoms with E-state index >= 15 is 0 Å². The molecule has 24 heteroatoms. The second-order valence-corrected chi connectivity index (χ2v) is 10.1. The standard InChI is InChI=1S/C28H45F13O11/c29-23(30,24(31,32)25(33,34)26(35,36)27(37,38)28(39,40)41)1-3-43-5-7-45-9-11-47-13-15-49-17-19-51-21-22-52-20-18-50-16-14-48-12-10-46-8-6-44-4-2-42/h42H,1-22H2. The Hall–Kier alpha value is -1.35. The Labute approximate surface area is 291 Å². The van der Waals surface area contributed by atoms with Crippen molar-refractivity contribution in [1.82, 2.24) is 0 Å². The Kier molecular flexibility index (Phi) is 25.8. The normalized spacial score (nSPS) is 13.7. The van der Waals surface area contributed by atoms with Crippen LogP contribution in [0.15, 0.2) is 0 Å². The average Bonchev–Trinajstić information content (AvgIpc) is 3.06. The molecule has 0 aromatic rings. The minimum Gasteiger partial charge on any atom is -0.394 e. The van der Waals surface area contributed by atoms with Crippen molar-refractivity contribution in [3.63, 3.8) is 0 Å². The molecule has 52 heavy (non-hydrogen) atoms. The molecule has 0 aliphatic rings. The number of halogens is 13. The molecule has 0 amide bonds. The molecule has 0 spiro atoms. The maximum atomic E-state index is 13.7. The van der Waals surface area contributed by atoms with Gasteiger partial charge in [0.2, 0.25) is 0 Å². The summed E-state index contributed by atoms with van der Waals surface area (Å²) in [4.78, 5) is 0. The summed E-state index contributed by atoms with van der Waals surface area (Å²) >= 11 is 0. The lowest BCUT2D eigenvalue weighted by Gasteiger charge is -2.39. The third kappa shape index (κ3) is 18.3. The van der Waals surface area contributed by atoms with Crippen LogP contribution in [0, 0.1) is 0 Å². The molecule has 0 unspecified atom stereocenters. The fourth-order valence-electron chi connectivity index (χ4n) is 3.31. The van der Waals surface area contributed by atoms with Crippen LogP contribution in [0.3, 0.4) is 0 Å². The van der Waals surface area contributed by atoms with Gasteiger partial charge in [-0.1, -0.05) is 0 Å². The molecule has 0 atom stereocenters. The van der Waals surface area contributed by atoms with Gasteiger partial charge in [-0.15, -0.1) is 0 Å². The first-order chi connectivity index (χ1) is 24.3. The predicted molar refractivity (Wildman–Crippen MR) is 151 cm³/mol. The van der Waals surface area contributed by atoms with Crippen LogP contribution in [0.1, 0.15) is 6.42 Å². The van der Waals surface area contributed by atoms with Gasteiger partial charge in [-0.3, -0.25) is 0 Å². The molecule has 0 saturated heterocycles. The lowest BCUT2D eigenvalue weighted by molar-refractivity contribution is -0.440. The minimum atomic E-state index is -7.93. The van der Waals surface area contributed by atoms with Crippen LogP contribution in [-0.4, -0.2) is 180 Å². The molecular weight excluding hydrogens is 759 g/mol. The van der Waals surface area contributed by atoms with Gasteiger partial charge in [0.05, 0.1) is 139 Å². The number of aliphatic hydroxyl groups is 1. The molecule has 0 aliphatic carbocycles. The Morgan fingerprint density at radius 1 is 0.269 bits per heavy atom. The lowest BCUT2D eigenvalue weighted by Crippen LogP contribution is -2.70. The van der Waals surface area contributed by atoms with E-state index in [9.17, 15) is 57.1 Å². The Bertz CT molecular complexity index is 874. The molecule has 0 rings (SSSR count). The number of rotatable bonds is 36. The van der Waals surface area contributed by atoms with Gasteiger partial charge in [-0.05, 0) is 0 Å². The zero-order chi connectivity index (χ0) is 39.6. The molecular formula is C28H45F13O11. The van der Waals surface area contributed by atoms with Gasteiger partial charge in [0.1, 0.15) is 0 Å². The van der Waals surface area contributed by atoms with Gasteiger partial charge in [0.15, 0.2) is 0 Å². The van der Waals surface area contributed by atoms with Gasteiger partial charge in [-0.2, -0.15) is 57.1 Å². The molecule has 0 radical (unpaired) electrons. The molecule has 0 bridgehead atoms. The molecule has 314 valence electrons. The summed E-state index contributed by atoms with van der Waals surface area (Å²) < 4.78 is 221. The smallest absolute Gasteiger partial charge is 0.394 e. The van der Waals surface area contributed by atoms with Gasteiger partial charge in [-0.25, -0.2) is 0 Å². The van der Waals surface area contributed by atoms with E-state index < -0.39 is 55.4 Å². The highest BCUT2D eigenvalue weighted by molar-refractivity contribution is 5.10. The minimum absolute atomic E-state index is 0.0164. The number of alkyl halides is 13. The van der Waals surface area contributed by atoms with E-state index in [0.29, 0.717) is 66.1 Å². The highest BCUT2D eigenvalue weighted by Crippen LogP contribution is 2.60. The van der Waals surface area contributed by atoms with E-state index in [2.05, 4.69) is 4.74 Å². The first-order valence-corrected chi connectivity index (χ1v) is 15.7. The van der Waals surface area contributed by atoms with Crippen molar-refractivity contribution in [2.75, 3.05) is 139 Å². The molecule has 0 heterocycles. The van der Waals surface area contributed by atoms with Gasteiger partial charge in [0, 0.05) is 6.42 Å². The van der Waals surface area contributed by atoms with E-state index in [1.54, 1.807) is 0 Å². The summed E-state index contributed by atoms with van der Waals surface area (Å²) in [6, 6.07) is 0. The number of hydrogen-bond acceptors (Lipinski definition) is 11. The van der Waals surface area contributed by atoms with Crippen molar-refractivity contribution < 1.29 is 110 Å². The molecule has 0 aromatic heterocycles. The highest BCUT2D eigenvalue weighted by atomic mass is 19.4.